The first-order chi connectivity index (χ1) is 11.5. The number of benzene rings is 2. The molecule has 128 valence electrons. The van der Waals surface area contributed by atoms with Crippen LogP contribution in [-0.4, -0.2) is 17.8 Å². The van der Waals surface area contributed by atoms with Crippen molar-refractivity contribution in [3.05, 3.63) is 59.1 Å². The standard InChI is InChI=1S/C19H23ClN2OS/c1-14(2)23-18-11-9-17(10-12-18)22-19(24)21-13-3-4-15-5-7-16(20)8-6-15/h5-12,14H,3-4,13H2,1-2H3,(H2,21,22,24). The molecule has 0 heterocycles. The Labute approximate surface area is 154 Å². The van der Waals surface area contributed by atoms with Crippen LogP contribution in [0.2, 0.25) is 5.02 Å². The maximum absolute atomic E-state index is 5.88. The summed E-state index contributed by atoms with van der Waals surface area (Å²) in [5.41, 5.74) is 2.22. The van der Waals surface area contributed by atoms with Gasteiger partial charge in [0.05, 0.1) is 6.10 Å². The first kappa shape index (κ1) is 18.6. The normalized spacial score (nSPS) is 10.5. The number of halogens is 1. The van der Waals surface area contributed by atoms with E-state index in [0.717, 1.165) is 35.8 Å². The Morgan fingerprint density at radius 3 is 2.38 bits per heavy atom. The molecule has 3 nitrogen and oxygen atoms in total. The number of aryl methyl sites for hydroxylation is 1. The van der Waals surface area contributed by atoms with Crippen molar-refractivity contribution in [1.82, 2.24) is 5.32 Å². The van der Waals surface area contributed by atoms with Crippen molar-refractivity contribution >= 4 is 34.6 Å². The van der Waals surface area contributed by atoms with Crippen molar-refractivity contribution in [3.63, 3.8) is 0 Å². The highest BCUT2D eigenvalue weighted by Crippen LogP contribution is 2.16. The summed E-state index contributed by atoms with van der Waals surface area (Å²) in [7, 11) is 0. The molecular formula is C19H23ClN2OS. The van der Waals surface area contributed by atoms with Gasteiger partial charge in [0.15, 0.2) is 5.11 Å². The molecule has 0 fully saturated rings. The number of hydrogen-bond acceptors (Lipinski definition) is 2. The molecule has 2 aromatic rings. The molecule has 2 rings (SSSR count). The van der Waals surface area contributed by atoms with E-state index in [1.165, 1.54) is 5.56 Å². The fourth-order valence-corrected chi connectivity index (χ4v) is 2.56. The fraction of sp³-hybridized carbons (Fsp3) is 0.316. The van der Waals surface area contributed by atoms with Gasteiger partial charge in [0, 0.05) is 17.3 Å². The zero-order valence-corrected chi connectivity index (χ0v) is 15.6. The lowest BCUT2D eigenvalue weighted by Gasteiger charge is -2.12. The van der Waals surface area contributed by atoms with E-state index in [0.29, 0.717) is 5.11 Å². The summed E-state index contributed by atoms with van der Waals surface area (Å²) in [6, 6.07) is 15.7. The average molecular weight is 363 g/mol. The number of thiocarbonyl (C=S) groups is 1. The first-order valence-corrected chi connectivity index (χ1v) is 8.87. The van der Waals surface area contributed by atoms with Crippen LogP contribution >= 0.6 is 23.8 Å². The Kier molecular flexibility index (Phi) is 7.35. The largest absolute Gasteiger partial charge is 0.491 e. The van der Waals surface area contributed by atoms with Gasteiger partial charge in [-0.05, 0) is 80.9 Å². The van der Waals surface area contributed by atoms with E-state index in [4.69, 9.17) is 28.6 Å². The molecule has 0 atom stereocenters. The maximum atomic E-state index is 5.88. The molecule has 0 aliphatic carbocycles. The van der Waals surface area contributed by atoms with Crippen LogP contribution in [0.25, 0.3) is 0 Å². The van der Waals surface area contributed by atoms with Crippen LogP contribution in [-0.2, 0) is 6.42 Å². The van der Waals surface area contributed by atoms with Crippen molar-refractivity contribution in [2.45, 2.75) is 32.8 Å². The monoisotopic (exact) mass is 362 g/mol. The van der Waals surface area contributed by atoms with Gasteiger partial charge in [0.25, 0.3) is 0 Å². The zero-order valence-electron chi connectivity index (χ0n) is 14.0. The van der Waals surface area contributed by atoms with Gasteiger partial charge in [-0.1, -0.05) is 23.7 Å². The molecule has 0 radical (unpaired) electrons. The summed E-state index contributed by atoms with van der Waals surface area (Å²) in [4.78, 5) is 0. The second-order valence-electron chi connectivity index (χ2n) is 5.80. The lowest BCUT2D eigenvalue weighted by molar-refractivity contribution is 0.242. The van der Waals surface area contributed by atoms with Gasteiger partial charge in [-0.25, -0.2) is 0 Å². The van der Waals surface area contributed by atoms with E-state index in [1.54, 1.807) is 0 Å². The van der Waals surface area contributed by atoms with E-state index in [9.17, 15) is 0 Å². The van der Waals surface area contributed by atoms with Crippen molar-refractivity contribution in [1.29, 1.82) is 0 Å². The molecule has 0 aliphatic rings. The highest BCUT2D eigenvalue weighted by Gasteiger charge is 2.00. The highest BCUT2D eigenvalue weighted by atomic mass is 35.5. The van der Waals surface area contributed by atoms with E-state index >= 15 is 0 Å². The van der Waals surface area contributed by atoms with E-state index in [2.05, 4.69) is 22.8 Å². The van der Waals surface area contributed by atoms with Gasteiger partial charge in [0.2, 0.25) is 0 Å². The van der Waals surface area contributed by atoms with Gasteiger partial charge in [-0.3, -0.25) is 0 Å². The molecule has 0 bridgehead atoms. The Balaban J connectivity index is 1.68. The Morgan fingerprint density at radius 1 is 1.08 bits per heavy atom. The van der Waals surface area contributed by atoms with E-state index < -0.39 is 0 Å². The third-order valence-electron chi connectivity index (χ3n) is 3.33. The molecule has 0 unspecified atom stereocenters. The van der Waals surface area contributed by atoms with Crippen LogP contribution in [0.3, 0.4) is 0 Å². The Bertz CT molecular complexity index is 641. The van der Waals surface area contributed by atoms with Gasteiger partial charge >= 0.3 is 0 Å². The third kappa shape index (κ3) is 6.77. The first-order valence-electron chi connectivity index (χ1n) is 8.09. The van der Waals surface area contributed by atoms with Crippen LogP contribution < -0.4 is 15.4 Å². The van der Waals surface area contributed by atoms with Crippen molar-refractivity contribution < 1.29 is 4.74 Å². The number of hydrogen-bond donors (Lipinski definition) is 2. The van der Waals surface area contributed by atoms with Gasteiger partial charge in [-0.15, -0.1) is 0 Å². The smallest absolute Gasteiger partial charge is 0.170 e. The SMILES string of the molecule is CC(C)Oc1ccc(NC(=S)NCCCc2ccc(Cl)cc2)cc1. The van der Waals surface area contributed by atoms with Crippen LogP contribution in [0.5, 0.6) is 5.75 Å². The molecular weight excluding hydrogens is 340 g/mol. The number of ether oxygens (including phenoxy) is 1. The van der Waals surface area contributed by atoms with Gasteiger partial charge in [-0.2, -0.15) is 0 Å². The average Bonchev–Trinajstić information content (AvgIpc) is 2.55. The minimum absolute atomic E-state index is 0.173. The lowest BCUT2D eigenvalue weighted by Crippen LogP contribution is -2.29. The predicted molar refractivity (Wildman–Crippen MR) is 106 cm³/mol. The predicted octanol–water partition coefficient (Wildman–Crippen LogP) is 5.05. The molecule has 0 aliphatic heterocycles. The molecule has 2 aromatic carbocycles. The molecule has 2 N–H and O–H groups in total. The minimum Gasteiger partial charge on any atom is -0.491 e. The Hall–Kier alpha value is -1.78. The molecule has 0 spiro atoms. The second-order valence-corrected chi connectivity index (χ2v) is 6.65. The van der Waals surface area contributed by atoms with E-state index in [1.807, 2.05) is 50.2 Å². The topological polar surface area (TPSA) is 33.3 Å². The number of nitrogens with one attached hydrogen (secondary N) is 2. The summed E-state index contributed by atoms with van der Waals surface area (Å²) in [5, 5.41) is 7.80. The van der Waals surface area contributed by atoms with Gasteiger partial charge in [0.1, 0.15) is 5.75 Å². The highest BCUT2D eigenvalue weighted by molar-refractivity contribution is 7.80. The van der Waals surface area contributed by atoms with Crippen molar-refractivity contribution in [3.8, 4) is 5.75 Å². The lowest BCUT2D eigenvalue weighted by atomic mass is 10.1. The number of rotatable bonds is 7. The quantitative estimate of drug-likeness (QED) is 0.533. The summed E-state index contributed by atoms with van der Waals surface area (Å²) in [6.45, 7) is 4.84. The maximum Gasteiger partial charge on any atom is 0.170 e. The molecule has 5 heteroatoms. The van der Waals surface area contributed by atoms with Gasteiger partial charge < -0.3 is 15.4 Å². The van der Waals surface area contributed by atoms with Crippen LogP contribution in [0.1, 0.15) is 25.8 Å². The minimum atomic E-state index is 0.173. The molecule has 24 heavy (non-hydrogen) atoms. The summed E-state index contributed by atoms with van der Waals surface area (Å²) in [5.74, 6) is 0.859. The molecule has 0 saturated carbocycles. The van der Waals surface area contributed by atoms with Crippen molar-refractivity contribution in [2.75, 3.05) is 11.9 Å². The Morgan fingerprint density at radius 2 is 1.75 bits per heavy atom. The molecule has 0 saturated heterocycles. The summed E-state index contributed by atoms with van der Waals surface area (Å²) >= 11 is 11.2. The van der Waals surface area contributed by atoms with Crippen LogP contribution in [0.4, 0.5) is 5.69 Å². The van der Waals surface area contributed by atoms with Crippen LogP contribution in [0.15, 0.2) is 48.5 Å². The second kappa shape index (κ2) is 9.50. The van der Waals surface area contributed by atoms with Crippen molar-refractivity contribution in [2.24, 2.45) is 0 Å². The summed E-state index contributed by atoms with van der Waals surface area (Å²) in [6.07, 6.45) is 2.17. The third-order valence-corrected chi connectivity index (χ3v) is 3.82. The zero-order chi connectivity index (χ0) is 17.4. The fourth-order valence-electron chi connectivity index (χ4n) is 2.21. The molecule has 0 amide bonds. The van der Waals surface area contributed by atoms with E-state index in [-0.39, 0.29) is 6.10 Å². The number of anilines is 1. The summed E-state index contributed by atoms with van der Waals surface area (Å²) < 4.78 is 5.62. The molecule has 0 aromatic heterocycles. The van der Waals surface area contributed by atoms with Crippen LogP contribution in [0, 0.1) is 0 Å².